The van der Waals surface area contributed by atoms with Crippen LogP contribution in [0.5, 0.6) is 0 Å². The Morgan fingerprint density at radius 1 is 1.58 bits per heavy atom. The summed E-state index contributed by atoms with van der Waals surface area (Å²) in [5.41, 5.74) is 0.468. The first-order chi connectivity index (χ1) is 9.04. The second-order valence-corrected chi connectivity index (χ2v) is 5.13. The van der Waals surface area contributed by atoms with Gasteiger partial charge in [-0.2, -0.15) is 0 Å². The molecule has 2 atom stereocenters. The minimum atomic E-state index is -0.368. The van der Waals surface area contributed by atoms with Crippen LogP contribution in [0, 0.1) is 11.7 Å². The van der Waals surface area contributed by atoms with Crippen molar-refractivity contribution in [1.29, 1.82) is 0 Å². The second kappa shape index (κ2) is 6.12. The molecule has 0 aromatic heterocycles. The van der Waals surface area contributed by atoms with Crippen LogP contribution in [0.3, 0.4) is 0 Å². The Morgan fingerprint density at radius 3 is 3.05 bits per heavy atom. The fraction of sp³-hybridized carbons (Fsp3) is 0.500. The molecule has 1 aliphatic heterocycles. The number of benzene rings is 1. The molecule has 0 radical (unpaired) electrons. The third-order valence-electron chi connectivity index (χ3n) is 3.42. The lowest BCUT2D eigenvalue weighted by Gasteiger charge is -2.33. The number of carbonyl (C=O) groups is 1. The van der Waals surface area contributed by atoms with Crippen LogP contribution in [0.25, 0.3) is 0 Å². The molecule has 4 nitrogen and oxygen atoms in total. The lowest BCUT2D eigenvalue weighted by molar-refractivity contribution is -0.118. The smallest absolute Gasteiger partial charge is 0.238 e. The largest absolute Gasteiger partial charge is 0.393 e. The number of hydrogen-bond acceptors (Lipinski definition) is 3. The summed E-state index contributed by atoms with van der Waals surface area (Å²) in [5.74, 6) is -0.350. The molecule has 5 heteroatoms. The summed E-state index contributed by atoms with van der Waals surface area (Å²) in [5, 5.41) is 12.3. The Hall–Kier alpha value is -1.46. The average Bonchev–Trinajstić information content (AvgIpc) is 2.34. The molecular weight excluding hydrogens is 247 g/mol. The van der Waals surface area contributed by atoms with E-state index in [9.17, 15) is 14.3 Å². The van der Waals surface area contributed by atoms with Gasteiger partial charge >= 0.3 is 0 Å². The van der Waals surface area contributed by atoms with Crippen molar-refractivity contribution < 1.29 is 14.3 Å². The van der Waals surface area contributed by atoms with E-state index in [2.05, 4.69) is 5.32 Å². The molecule has 0 bridgehead atoms. The van der Waals surface area contributed by atoms with E-state index in [-0.39, 0.29) is 30.3 Å². The van der Waals surface area contributed by atoms with Gasteiger partial charge in [0.1, 0.15) is 5.82 Å². The number of rotatable bonds is 3. The minimum Gasteiger partial charge on any atom is -0.393 e. The highest BCUT2D eigenvalue weighted by molar-refractivity contribution is 5.92. The first kappa shape index (κ1) is 14.0. The van der Waals surface area contributed by atoms with Crippen LogP contribution in [0.1, 0.15) is 13.3 Å². The van der Waals surface area contributed by atoms with E-state index in [0.29, 0.717) is 25.2 Å². The van der Waals surface area contributed by atoms with Crippen LogP contribution >= 0.6 is 0 Å². The van der Waals surface area contributed by atoms with Gasteiger partial charge in [-0.05, 0) is 30.5 Å². The van der Waals surface area contributed by atoms with Crippen molar-refractivity contribution in [3.8, 4) is 0 Å². The molecule has 0 aliphatic carbocycles. The van der Waals surface area contributed by atoms with Gasteiger partial charge in [0.25, 0.3) is 0 Å². The molecule has 2 unspecified atom stereocenters. The molecule has 19 heavy (non-hydrogen) atoms. The number of carbonyl (C=O) groups excluding carboxylic acids is 1. The average molecular weight is 266 g/mol. The predicted octanol–water partition coefficient (Wildman–Crippen LogP) is 1.47. The summed E-state index contributed by atoms with van der Waals surface area (Å²) in [6, 6.07) is 5.84. The third kappa shape index (κ3) is 4.01. The molecule has 1 heterocycles. The van der Waals surface area contributed by atoms with E-state index in [4.69, 9.17) is 0 Å². The number of amides is 1. The van der Waals surface area contributed by atoms with Crippen LogP contribution in [0.2, 0.25) is 0 Å². The molecule has 1 fully saturated rings. The molecule has 0 spiro atoms. The van der Waals surface area contributed by atoms with Gasteiger partial charge in [0.05, 0.1) is 12.6 Å². The van der Waals surface area contributed by atoms with E-state index >= 15 is 0 Å². The van der Waals surface area contributed by atoms with Gasteiger partial charge < -0.3 is 10.4 Å². The molecule has 0 saturated carbocycles. The topological polar surface area (TPSA) is 52.6 Å². The SMILES string of the molecule is CC1CN(CC(=O)Nc2cccc(F)c2)CCC1O. The van der Waals surface area contributed by atoms with Crippen molar-refractivity contribution >= 4 is 11.6 Å². The Balaban J connectivity index is 1.85. The summed E-state index contributed by atoms with van der Waals surface area (Å²) >= 11 is 0. The summed E-state index contributed by atoms with van der Waals surface area (Å²) in [6.07, 6.45) is 0.413. The van der Waals surface area contributed by atoms with Gasteiger partial charge in [-0.25, -0.2) is 4.39 Å². The van der Waals surface area contributed by atoms with Gasteiger partial charge in [0.15, 0.2) is 0 Å². The van der Waals surface area contributed by atoms with Crippen molar-refractivity contribution in [2.75, 3.05) is 25.0 Å². The standard InChI is InChI=1S/C14H19FN2O2/c1-10-8-17(6-5-13(10)18)9-14(19)16-12-4-2-3-11(15)7-12/h2-4,7,10,13,18H,5-6,8-9H2,1H3,(H,16,19). The minimum absolute atomic E-state index is 0.158. The Kier molecular flexibility index (Phi) is 4.50. The summed E-state index contributed by atoms with van der Waals surface area (Å²) in [4.78, 5) is 13.8. The van der Waals surface area contributed by atoms with Gasteiger partial charge in [-0.3, -0.25) is 9.69 Å². The van der Waals surface area contributed by atoms with Crippen LogP contribution in [0.15, 0.2) is 24.3 Å². The maximum absolute atomic E-state index is 13.0. The zero-order valence-electron chi connectivity index (χ0n) is 11.0. The van der Waals surface area contributed by atoms with Gasteiger partial charge in [0, 0.05) is 18.8 Å². The fourth-order valence-corrected chi connectivity index (χ4v) is 2.33. The lowest BCUT2D eigenvalue weighted by Crippen LogP contribution is -2.45. The van der Waals surface area contributed by atoms with Gasteiger partial charge in [-0.15, -0.1) is 0 Å². The van der Waals surface area contributed by atoms with Crippen molar-refractivity contribution in [2.45, 2.75) is 19.4 Å². The van der Waals surface area contributed by atoms with E-state index in [1.54, 1.807) is 12.1 Å². The van der Waals surface area contributed by atoms with Crippen LogP contribution < -0.4 is 5.32 Å². The maximum atomic E-state index is 13.0. The Labute approximate surface area is 112 Å². The highest BCUT2D eigenvalue weighted by Crippen LogP contribution is 2.16. The molecular formula is C14H19FN2O2. The first-order valence-electron chi connectivity index (χ1n) is 6.50. The van der Waals surface area contributed by atoms with Gasteiger partial charge in [0.2, 0.25) is 5.91 Å². The summed E-state index contributed by atoms with van der Waals surface area (Å²) in [6.45, 7) is 3.66. The maximum Gasteiger partial charge on any atom is 0.238 e. The van der Waals surface area contributed by atoms with Crippen LogP contribution in [-0.2, 0) is 4.79 Å². The predicted molar refractivity (Wildman–Crippen MR) is 71.3 cm³/mol. The second-order valence-electron chi connectivity index (χ2n) is 5.13. The number of hydrogen-bond donors (Lipinski definition) is 2. The van der Waals surface area contributed by atoms with Crippen molar-refractivity contribution in [2.24, 2.45) is 5.92 Å². The molecule has 2 N–H and O–H groups in total. The number of aliphatic hydroxyl groups excluding tert-OH is 1. The zero-order valence-corrected chi connectivity index (χ0v) is 11.0. The van der Waals surface area contributed by atoms with Crippen LogP contribution in [0.4, 0.5) is 10.1 Å². The molecule has 1 aromatic carbocycles. The normalized spacial score (nSPS) is 24.2. The zero-order chi connectivity index (χ0) is 13.8. The lowest BCUT2D eigenvalue weighted by atomic mass is 9.97. The number of anilines is 1. The Morgan fingerprint density at radius 2 is 2.37 bits per heavy atom. The summed E-state index contributed by atoms with van der Waals surface area (Å²) < 4.78 is 13.0. The highest BCUT2D eigenvalue weighted by Gasteiger charge is 2.25. The molecule has 104 valence electrons. The number of nitrogens with one attached hydrogen (secondary N) is 1. The van der Waals surface area contributed by atoms with Crippen molar-refractivity contribution in [3.63, 3.8) is 0 Å². The highest BCUT2D eigenvalue weighted by atomic mass is 19.1. The van der Waals surface area contributed by atoms with Gasteiger partial charge in [-0.1, -0.05) is 13.0 Å². The fourth-order valence-electron chi connectivity index (χ4n) is 2.33. The van der Waals surface area contributed by atoms with E-state index < -0.39 is 0 Å². The van der Waals surface area contributed by atoms with E-state index in [1.165, 1.54) is 12.1 Å². The van der Waals surface area contributed by atoms with E-state index in [0.717, 1.165) is 0 Å². The number of piperidine rings is 1. The number of aliphatic hydroxyl groups is 1. The molecule has 1 saturated heterocycles. The monoisotopic (exact) mass is 266 g/mol. The van der Waals surface area contributed by atoms with Crippen molar-refractivity contribution in [3.05, 3.63) is 30.1 Å². The van der Waals surface area contributed by atoms with Crippen LogP contribution in [-0.4, -0.2) is 41.7 Å². The molecule has 1 aliphatic rings. The molecule has 2 rings (SSSR count). The summed E-state index contributed by atoms with van der Waals surface area (Å²) in [7, 11) is 0. The number of nitrogens with zero attached hydrogens (tertiary/aromatic N) is 1. The van der Waals surface area contributed by atoms with E-state index in [1.807, 2.05) is 11.8 Å². The first-order valence-corrected chi connectivity index (χ1v) is 6.50. The Bertz CT molecular complexity index is 453. The van der Waals surface area contributed by atoms with Crippen molar-refractivity contribution in [1.82, 2.24) is 4.90 Å². The third-order valence-corrected chi connectivity index (χ3v) is 3.42. The number of halogens is 1. The molecule has 1 amide bonds. The number of likely N-dealkylation sites (tertiary alicyclic amines) is 1. The molecule has 1 aromatic rings. The quantitative estimate of drug-likeness (QED) is 0.871.